The zero-order valence-corrected chi connectivity index (χ0v) is 11.3. The van der Waals surface area contributed by atoms with Crippen LogP contribution in [0.5, 0.6) is 0 Å². The molecule has 98 valence electrons. The lowest BCUT2D eigenvalue weighted by Gasteiger charge is -2.12. The zero-order chi connectivity index (χ0) is 13.1. The molecule has 1 heterocycles. The van der Waals surface area contributed by atoms with E-state index in [2.05, 4.69) is 0 Å². The van der Waals surface area contributed by atoms with Crippen molar-refractivity contribution in [1.29, 1.82) is 0 Å². The average Bonchev–Trinajstić information content (AvgIpc) is 2.79. The number of carbonyl (C=O) groups is 1. The highest BCUT2D eigenvalue weighted by Crippen LogP contribution is 2.34. The van der Waals surface area contributed by atoms with E-state index in [1.807, 2.05) is 0 Å². The number of halogens is 1. The molecule has 1 aliphatic rings. The van der Waals surface area contributed by atoms with Crippen molar-refractivity contribution in [3.05, 3.63) is 22.7 Å². The molecule has 1 atom stereocenters. The highest BCUT2D eigenvalue weighted by atomic mass is 35.5. The number of carboxylic acids is 1. The van der Waals surface area contributed by atoms with Crippen molar-refractivity contribution in [2.45, 2.75) is 23.8 Å². The standard InChI is InChI=1S/C12H14ClNO3S/c13-10-5-7(14)4-9(12(15)16)11(10)18-6-8-2-1-3-17-8/h4-5,8H,1-3,6,14H2,(H,15,16). The lowest BCUT2D eigenvalue weighted by atomic mass is 10.2. The van der Waals surface area contributed by atoms with E-state index in [1.54, 1.807) is 6.07 Å². The van der Waals surface area contributed by atoms with Crippen LogP contribution in [0, 0.1) is 0 Å². The predicted molar refractivity (Wildman–Crippen MR) is 72.5 cm³/mol. The van der Waals surface area contributed by atoms with Gasteiger partial charge in [0.05, 0.1) is 16.7 Å². The second-order valence-corrected chi connectivity index (χ2v) is 5.57. The summed E-state index contributed by atoms with van der Waals surface area (Å²) in [6.45, 7) is 0.784. The van der Waals surface area contributed by atoms with Crippen molar-refractivity contribution in [2.24, 2.45) is 0 Å². The minimum Gasteiger partial charge on any atom is -0.478 e. The van der Waals surface area contributed by atoms with E-state index >= 15 is 0 Å². The fourth-order valence-electron chi connectivity index (χ4n) is 1.87. The Labute approximate surface area is 114 Å². The van der Waals surface area contributed by atoms with Crippen LogP contribution in [-0.4, -0.2) is 29.5 Å². The van der Waals surface area contributed by atoms with Crippen LogP contribution in [0.15, 0.2) is 17.0 Å². The van der Waals surface area contributed by atoms with Crippen molar-refractivity contribution in [3.63, 3.8) is 0 Å². The largest absolute Gasteiger partial charge is 0.478 e. The molecule has 3 N–H and O–H groups in total. The molecule has 1 aliphatic heterocycles. The van der Waals surface area contributed by atoms with Gasteiger partial charge in [0.15, 0.2) is 0 Å². The summed E-state index contributed by atoms with van der Waals surface area (Å²) in [4.78, 5) is 11.7. The van der Waals surface area contributed by atoms with Gasteiger partial charge in [-0.2, -0.15) is 0 Å². The summed E-state index contributed by atoms with van der Waals surface area (Å²) in [6.07, 6.45) is 2.26. The van der Waals surface area contributed by atoms with Gasteiger partial charge in [-0.25, -0.2) is 4.79 Å². The van der Waals surface area contributed by atoms with Crippen molar-refractivity contribution < 1.29 is 14.6 Å². The Morgan fingerprint density at radius 3 is 3.00 bits per heavy atom. The van der Waals surface area contributed by atoms with Gasteiger partial charge in [-0.3, -0.25) is 0 Å². The minimum absolute atomic E-state index is 0.156. The highest BCUT2D eigenvalue weighted by Gasteiger charge is 2.20. The first kappa shape index (κ1) is 13.5. The van der Waals surface area contributed by atoms with E-state index in [1.165, 1.54) is 17.8 Å². The van der Waals surface area contributed by atoms with Crippen molar-refractivity contribution in [2.75, 3.05) is 18.1 Å². The summed E-state index contributed by atoms with van der Waals surface area (Å²) in [6, 6.07) is 3.01. The summed E-state index contributed by atoms with van der Waals surface area (Å²) < 4.78 is 5.50. The molecule has 0 saturated carbocycles. The van der Waals surface area contributed by atoms with Crippen molar-refractivity contribution in [1.82, 2.24) is 0 Å². The van der Waals surface area contributed by atoms with Crippen LogP contribution in [0.3, 0.4) is 0 Å². The first-order chi connectivity index (χ1) is 8.58. The van der Waals surface area contributed by atoms with E-state index in [9.17, 15) is 4.79 Å². The number of rotatable bonds is 4. The number of aromatic carboxylic acids is 1. The van der Waals surface area contributed by atoms with Crippen LogP contribution >= 0.6 is 23.4 Å². The molecule has 1 saturated heterocycles. The fraction of sp³-hybridized carbons (Fsp3) is 0.417. The average molecular weight is 288 g/mol. The third-order valence-electron chi connectivity index (χ3n) is 2.73. The third kappa shape index (κ3) is 3.10. The van der Waals surface area contributed by atoms with Crippen molar-refractivity contribution >= 4 is 35.0 Å². The Hall–Kier alpha value is -0.910. The molecule has 0 bridgehead atoms. The summed E-state index contributed by atoms with van der Waals surface area (Å²) >= 11 is 7.47. The first-order valence-corrected chi connectivity index (χ1v) is 7.01. The number of nitrogen functional groups attached to an aromatic ring is 1. The number of carboxylic acid groups (broad SMARTS) is 1. The van der Waals surface area contributed by atoms with Crippen LogP contribution in [0.4, 0.5) is 5.69 Å². The van der Waals surface area contributed by atoms with Gasteiger partial charge in [0.2, 0.25) is 0 Å². The number of hydrogen-bond donors (Lipinski definition) is 2. The molecule has 1 aromatic rings. The summed E-state index contributed by atoms with van der Waals surface area (Å²) in [5, 5.41) is 9.53. The van der Waals surface area contributed by atoms with Crippen LogP contribution < -0.4 is 5.73 Å². The monoisotopic (exact) mass is 287 g/mol. The molecule has 1 unspecified atom stereocenters. The second-order valence-electron chi connectivity index (χ2n) is 4.13. The summed E-state index contributed by atoms with van der Waals surface area (Å²) in [5.41, 5.74) is 6.12. The maximum Gasteiger partial charge on any atom is 0.336 e. The van der Waals surface area contributed by atoms with Gasteiger partial charge in [0, 0.05) is 22.9 Å². The molecule has 18 heavy (non-hydrogen) atoms. The molecule has 6 heteroatoms. The lowest BCUT2D eigenvalue weighted by Crippen LogP contribution is -2.09. The van der Waals surface area contributed by atoms with Crippen LogP contribution in [0.2, 0.25) is 5.02 Å². The molecule has 0 aromatic heterocycles. The van der Waals surface area contributed by atoms with E-state index in [-0.39, 0.29) is 11.7 Å². The maximum atomic E-state index is 11.2. The van der Waals surface area contributed by atoms with E-state index in [4.69, 9.17) is 27.2 Å². The quantitative estimate of drug-likeness (QED) is 0.658. The summed E-state index contributed by atoms with van der Waals surface area (Å²) in [7, 11) is 0. The van der Waals surface area contributed by atoms with E-state index in [0.717, 1.165) is 19.4 Å². The Balaban J connectivity index is 2.17. The summed E-state index contributed by atoms with van der Waals surface area (Å²) in [5.74, 6) is -0.303. The second kappa shape index (κ2) is 5.82. The zero-order valence-electron chi connectivity index (χ0n) is 9.69. The van der Waals surface area contributed by atoms with Crippen LogP contribution in [-0.2, 0) is 4.74 Å². The molecule has 1 aromatic carbocycles. The van der Waals surface area contributed by atoms with Gasteiger partial charge in [-0.15, -0.1) is 11.8 Å². The maximum absolute atomic E-state index is 11.2. The van der Waals surface area contributed by atoms with Gasteiger partial charge in [0.1, 0.15) is 0 Å². The number of thioether (sulfide) groups is 1. The molecule has 0 radical (unpaired) electrons. The SMILES string of the molecule is Nc1cc(Cl)c(SCC2CCCO2)c(C(=O)O)c1. The topological polar surface area (TPSA) is 72.5 Å². The van der Waals surface area contributed by atoms with Gasteiger partial charge in [-0.05, 0) is 25.0 Å². The molecule has 0 spiro atoms. The third-order valence-corrected chi connectivity index (χ3v) is 4.41. The Morgan fingerprint density at radius 1 is 1.61 bits per heavy atom. The first-order valence-electron chi connectivity index (χ1n) is 5.64. The van der Waals surface area contributed by atoms with Crippen LogP contribution in [0.25, 0.3) is 0 Å². The number of nitrogens with two attached hydrogens (primary N) is 1. The molecule has 0 amide bonds. The van der Waals surface area contributed by atoms with Gasteiger partial charge >= 0.3 is 5.97 Å². The molecular formula is C12H14ClNO3S. The normalized spacial score (nSPS) is 19.1. The predicted octanol–water partition coefficient (Wildman–Crippen LogP) is 2.89. The minimum atomic E-state index is -1.01. The highest BCUT2D eigenvalue weighted by molar-refractivity contribution is 7.99. The fourth-order valence-corrected chi connectivity index (χ4v) is 3.38. The molecule has 0 aliphatic carbocycles. The molecule has 2 rings (SSSR count). The Kier molecular flexibility index (Phi) is 4.37. The Morgan fingerprint density at radius 2 is 2.39 bits per heavy atom. The van der Waals surface area contributed by atoms with E-state index < -0.39 is 5.97 Å². The number of benzene rings is 1. The lowest BCUT2D eigenvalue weighted by molar-refractivity contribution is 0.0693. The van der Waals surface area contributed by atoms with Gasteiger partial charge < -0.3 is 15.6 Å². The van der Waals surface area contributed by atoms with E-state index in [0.29, 0.717) is 21.4 Å². The molecule has 4 nitrogen and oxygen atoms in total. The Bertz CT molecular complexity index is 461. The molecular weight excluding hydrogens is 274 g/mol. The van der Waals surface area contributed by atoms with Gasteiger partial charge in [0.25, 0.3) is 0 Å². The number of hydrogen-bond acceptors (Lipinski definition) is 4. The van der Waals surface area contributed by atoms with Gasteiger partial charge in [-0.1, -0.05) is 11.6 Å². The van der Waals surface area contributed by atoms with Crippen molar-refractivity contribution in [3.8, 4) is 0 Å². The smallest absolute Gasteiger partial charge is 0.336 e. The number of anilines is 1. The molecule has 1 fully saturated rings. The van der Waals surface area contributed by atoms with Crippen LogP contribution in [0.1, 0.15) is 23.2 Å². The number of ether oxygens (including phenoxy) is 1.